The molecule has 0 radical (unpaired) electrons. The molecule has 3 nitrogen and oxygen atoms in total. The maximum absolute atomic E-state index is 11.2. The molecule has 1 atom stereocenters. The zero-order valence-corrected chi connectivity index (χ0v) is 8.38. The van der Waals surface area contributed by atoms with Gasteiger partial charge in [-0.3, -0.25) is 9.59 Å². The van der Waals surface area contributed by atoms with Gasteiger partial charge in [0, 0.05) is 32.4 Å². The van der Waals surface area contributed by atoms with Crippen LogP contribution in [0.3, 0.4) is 0 Å². The standard InChI is InChI=1S/C10H17NO2/c1-3-4-9-7-10(13)5-6-11(9)8(2)12/h9H,3-7H2,1-2H3. The van der Waals surface area contributed by atoms with Crippen molar-refractivity contribution in [3.63, 3.8) is 0 Å². The van der Waals surface area contributed by atoms with Gasteiger partial charge in [0.25, 0.3) is 0 Å². The monoisotopic (exact) mass is 183 g/mol. The van der Waals surface area contributed by atoms with E-state index >= 15 is 0 Å². The van der Waals surface area contributed by atoms with Crippen molar-refractivity contribution < 1.29 is 9.59 Å². The van der Waals surface area contributed by atoms with Crippen LogP contribution in [0.25, 0.3) is 0 Å². The molecular formula is C10H17NO2. The molecule has 1 unspecified atom stereocenters. The predicted octanol–water partition coefficient (Wildman–Crippen LogP) is 1.37. The third-order valence-corrected chi connectivity index (χ3v) is 2.56. The molecule has 0 bridgehead atoms. The second kappa shape index (κ2) is 4.40. The number of Topliss-reactive ketones (excluding diaryl/α,β-unsaturated/α-hetero) is 1. The van der Waals surface area contributed by atoms with Crippen LogP contribution >= 0.6 is 0 Å². The molecule has 1 fully saturated rings. The van der Waals surface area contributed by atoms with Crippen molar-refractivity contribution in [3.8, 4) is 0 Å². The summed E-state index contributed by atoms with van der Waals surface area (Å²) in [5, 5.41) is 0. The van der Waals surface area contributed by atoms with Gasteiger partial charge in [0.15, 0.2) is 0 Å². The molecule has 0 aliphatic carbocycles. The summed E-state index contributed by atoms with van der Waals surface area (Å²) in [7, 11) is 0. The molecule has 1 rings (SSSR count). The minimum Gasteiger partial charge on any atom is -0.339 e. The van der Waals surface area contributed by atoms with Crippen LogP contribution in [0.2, 0.25) is 0 Å². The Morgan fingerprint density at radius 2 is 2.31 bits per heavy atom. The summed E-state index contributed by atoms with van der Waals surface area (Å²) in [5.74, 6) is 0.405. The van der Waals surface area contributed by atoms with Gasteiger partial charge in [-0.1, -0.05) is 13.3 Å². The van der Waals surface area contributed by atoms with Gasteiger partial charge >= 0.3 is 0 Å². The minimum absolute atomic E-state index is 0.103. The van der Waals surface area contributed by atoms with Gasteiger partial charge < -0.3 is 4.90 Å². The molecular weight excluding hydrogens is 166 g/mol. The molecule has 3 heteroatoms. The number of hydrogen-bond donors (Lipinski definition) is 0. The van der Waals surface area contributed by atoms with Crippen LogP contribution in [0, 0.1) is 0 Å². The molecule has 74 valence electrons. The number of carbonyl (C=O) groups excluding carboxylic acids is 2. The Kier molecular flexibility index (Phi) is 3.46. The topological polar surface area (TPSA) is 37.4 Å². The van der Waals surface area contributed by atoms with Crippen LogP contribution in [0.15, 0.2) is 0 Å². The molecule has 1 aliphatic rings. The maximum atomic E-state index is 11.2. The Morgan fingerprint density at radius 1 is 1.62 bits per heavy atom. The SMILES string of the molecule is CCCC1CC(=O)CCN1C(C)=O. The Balaban J connectivity index is 2.60. The van der Waals surface area contributed by atoms with Gasteiger partial charge in [0.2, 0.25) is 5.91 Å². The minimum atomic E-state index is 0.103. The normalized spacial score (nSPS) is 23.4. The van der Waals surface area contributed by atoms with Crippen molar-refractivity contribution in [1.82, 2.24) is 4.90 Å². The third kappa shape index (κ3) is 2.54. The molecule has 0 N–H and O–H groups in total. The number of nitrogens with zero attached hydrogens (tertiary/aromatic N) is 1. The first-order chi connectivity index (χ1) is 6.15. The fraction of sp³-hybridized carbons (Fsp3) is 0.800. The van der Waals surface area contributed by atoms with E-state index in [0.29, 0.717) is 25.2 Å². The van der Waals surface area contributed by atoms with Gasteiger partial charge in [0.05, 0.1) is 0 Å². The van der Waals surface area contributed by atoms with Crippen LogP contribution in [0.5, 0.6) is 0 Å². The molecule has 0 aromatic heterocycles. The predicted molar refractivity (Wildman–Crippen MR) is 50.3 cm³/mol. The van der Waals surface area contributed by atoms with E-state index in [2.05, 4.69) is 6.92 Å². The Labute approximate surface area is 79.1 Å². The Morgan fingerprint density at radius 3 is 2.85 bits per heavy atom. The smallest absolute Gasteiger partial charge is 0.219 e. The van der Waals surface area contributed by atoms with E-state index in [1.807, 2.05) is 4.90 Å². The first-order valence-corrected chi connectivity index (χ1v) is 4.94. The number of carbonyl (C=O) groups is 2. The second-order valence-electron chi connectivity index (χ2n) is 3.65. The maximum Gasteiger partial charge on any atom is 0.219 e. The fourth-order valence-electron chi connectivity index (χ4n) is 1.91. The summed E-state index contributed by atoms with van der Waals surface area (Å²) >= 11 is 0. The van der Waals surface area contributed by atoms with Crippen LogP contribution in [0.1, 0.15) is 39.5 Å². The number of rotatable bonds is 2. The molecule has 0 spiro atoms. The highest BCUT2D eigenvalue weighted by molar-refractivity contribution is 5.83. The molecule has 0 aromatic rings. The van der Waals surface area contributed by atoms with Gasteiger partial charge in [-0.05, 0) is 6.42 Å². The van der Waals surface area contributed by atoms with Crippen molar-refractivity contribution in [2.24, 2.45) is 0 Å². The molecule has 1 heterocycles. The highest BCUT2D eigenvalue weighted by Gasteiger charge is 2.27. The number of hydrogen-bond acceptors (Lipinski definition) is 2. The lowest BCUT2D eigenvalue weighted by Crippen LogP contribution is -2.45. The largest absolute Gasteiger partial charge is 0.339 e. The van der Waals surface area contributed by atoms with Crippen LogP contribution in [0.4, 0.5) is 0 Å². The van der Waals surface area contributed by atoms with Gasteiger partial charge in [-0.25, -0.2) is 0 Å². The zero-order valence-electron chi connectivity index (χ0n) is 8.38. The van der Waals surface area contributed by atoms with E-state index in [4.69, 9.17) is 0 Å². The van der Waals surface area contributed by atoms with Crippen LogP contribution in [-0.4, -0.2) is 29.2 Å². The highest BCUT2D eigenvalue weighted by atomic mass is 16.2. The molecule has 0 saturated carbocycles. The van der Waals surface area contributed by atoms with E-state index in [0.717, 1.165) is 12.8 Å². The fourth-order valence-corrected chi connectivity index (χ4v) is 1.91. The van der Waals surface area contributed by atoms with Crippen LogP contribution in [-0.2, 0) is 9.59 Å². The Bertz CT molecular complexity index is 213. The number of ketones is 1. The average Bonchev–Trinajstić information content (AvgIpc) is 2.04. The molecule has 1 aliphatic heterocycles. The van der Waals surface area contributed by atoms with Crippen molar-refractivity contribution in [1.29, 1.82) is 0 Å². The van der Waals surface area contributed by atoms with E-state index in [1.54, 1.807) is 6.92 Å². The zero-order chi connectivity index (χ0) is 9.84. The molecule has 1 saturated heterocycles. The summed E-state index contributed by atoms with van der Waals surface area (Å²) in [6, 6.07) is 0.170. The number of amides is 1. The van der Waals surface area contributed by atoms with Crippen molar-refractivity contribution >= 4 is 11.7 Å². The van der Waals surface area contributed by atoms with Gasteiger partial charge in [-0.2, -0.15) is 0 Å². The molecule has 13 heavy (non-hydrogen) atoms. The Hall–Kier alpha value is -0.860. The van der Waals surface area contributed by atoms with Crippen LogP contribution < -0.4 is 0 Å². The third-order valence-electron chi connectivity index (χ3n) is 2.56. The lowest BCUT2D eigenvalue weighted by molar-refractivity contribution is -0.136. The van der Waals surface area contributed by atoms with Crippen molar-refractivity contribution in [2.75, 3.05) is 6.54 Å². The summed E-state index contributed by atoms with van der Waals surface area (Å²) in [6.45, 7) is 4.29. The highest BCUT2D eigenvalue weighted by Crippen LogP contribution is 2.18. The average molecular weight is 183 g/mol. The van der Waals surface area contributed by atoms with E-state index in [-0.39, 0.29) is 11.9 Å². The summed E-state index contributed by atoms with van der Waals surface area (Å²) in [5.41, 5.74) is 0. The lowest BCUT2D eigenvalue weighted by Gasteiger charge is -2.34. The first kappa shape index (κ1) is 10.2. The summed E-state index contributed by atoms with van der Waals surface area (Å²) in [6.07, 6.45) is 3.08. The summed E-state index contributed by atoms with van der Waals surface area (Å²) in [4.78, 5) is 24.2. The number of likely N-dealkylation sites (tertiary alicyclic amines) is 1. The lowest BCUT2D eigenvalue weighted by atomic mass is 9.97. The molecule has 1 amide bonds. The van der Waals surface area contributed by atoms with E-state index in [1.165, 1.54) is 0 Å². The van der Waals surface area contributed by atoms with Gasteiger partial charge in [-0.15, -0.1) is 0 Å². The number of piperidine rings is 1. The van der Waals surface area contributed by atoms with Gasteiger partial charge in [0.1, 0.15) is 5.78 Å². The van der Waals surface area contributed by atoms with Crippen molar-refractivity contribution in [3.05, 3.63) is 0 Å². The van der Waals surface area contributed by atoms with Crippen molar-refractivity contribution in [2.45, 2.75) is 45.6 Å². The summed E-state index contributed by atoms with van der Waals surface area (Å²) < 4.78 is 0. The first-order valence-electron chi connectivity index (χ1n) is 4.94. The quantitative estimate of drug-likeness (QED) is 0.648. The second-order valence-corrected chi connectivity index (χ2v) is 3.65. The van der Waals surface area contributed by atoms with E-state index < -0.39 is 0 Å². The van der Waals surface area contributed by atoms with E-state index in [9.17, 15) is 9.59 Å². The molecule has 0 aromatic carbocycles.